The first-order valence-corrected chi connectivity index (χ1v) is 6.43. The van der Waals surface area contributed by atoms with E-state index in [1.54, 1.807) is 0 Å². The van der Waals surface area contributed by atoms with Gasteiger partial charge in [-0.05, 0) is 44.5 Å². The smallest absolute Gasteiger partial charge is 0.110 e. The molecule has 0 saturated carbocycles. The fraction of sp³-hybridized carbons (Fsp3) is 0.500. The van der Waals surface area contributed by atoms with Crippen LogP contribution in [-0.4, -0.2) is 23.5 Å². The zero-order valence-corrected chi connectivity index (χ0v) is 10.9. The van der Waals surface area contributed by atoms with Crippen molar-refractivity contribution >= 4 is 11.6 Å². The number of rotatable bonds is 3. The minimum Gasteiger partial charge on any atom is -0.285 e. The number of likely N-dealkylation sites (tertiary alicyclic amines) is 1. The summed E-state index contributed by atoms with van der Waals surface area (Å²) >= 11 is 6.17. The van der Waals surface area contributed by atoms with Crippen LogP contribution in [0.1, 0.15) is 25.3 Å². The predicted molar refractivity (Wildman–Crippen MR) is 70.0 cm³/mol. The number of nitrogens with zero attached hydrogens (tertiary/aromatic N) is 2. The largest absolute Gasteiger partial charge is 0.285 e. The van der Waals surface area contributed by atoms with Gasteiger partial charge in [-0.1, -0.05) is 29.8 Å². The Bertz CT molecular complexity index is 432. The highest BCUT2D eigenvalue weighted by Crippen LogP contribution is 2.27. The zero-order valence-electron chi connectivity index (χ0n) is 10.1. The highest BCUT2D eigenvalue weighted by Gasteiger charge is 2.34. The van der Waals surface area contributed by atoms with Gasteiger partial charge in [-0.3, -0.25) is 4.90 Å². The van der Waals surface area contributed by atoms with Gasteiger partial charge in [-0.25, -0.2) is 0 Å². The third-order valence-corrected chi connectivity index (χ3v) is 3.91. The van der Waals surface area contributed by atoms with Crippen LogP contribution >= 0.6 is 11.6 Å². The van der Waals surface area contributed by atoms with Crippen LogP contribution in [0.3, 0.4) is 0 Å². The maximum Gasteiger partial charge on any atom is 0.110 e. The molecule has 1 unspecified atom stereocenters. The molecule has 0 spiro atoms. The van der Waals surface area contributed by atoms with Crippen molar-refractivity contribution in [1.29, 1.82) is 5.26 Å². The maximum absolute atomic E-state index is 9.46. The second-order valence-electron chi connectivity index (χ2n) is 4.85. The normalized spacial score (nSPS) is 19.8. The van der Waals surface area contributed by atoms with E-state index in [2.05, 4.69) is 11.0 Å². The molecule has 0 aromatic heterocycles. The van der Waals surface area contributed by atoms with E-state index in [0.29, 0.717) is 6.42 Å². The van der Waals surface area contributed by atoms with Gasteiger partial charge in [-0.2, -0.15) is 5.26 Å². The van der Waals surface area contributed by atoms with E-state index in [9.17, 15) is 5.26 Å². The lowest BCUT2D eigenvalue weighted by molar-refractivity contribution is 0.191. The topological polar surface area (TPSA) is 27.0 Å². The molecule has 1 saturated heterocycles. The van der Waals surface area contributed by atoms with Crippen molar-refractivity contribution < 1.29 is 0 Å². The lowest BCUT2D eigenvalue weighted by Gasteiger charge is -2.32. The van der Waals surface area contributed by atoms with Gasteiger partial charge in [0, 0.05) is 11.4 Å². The van der Waals surface area contributed by atoms with Crippen LogP contribution in [0.15, 0.2) is 24.3 Å². The summed E-state index contributed by atoms with van der Waals surface area (Å²) in [5.74, 6) is 0. The van der Waals surface area contributed by atoms with Crippen LogP contribution < -0.4 is 0 Å². The summed E-state index contributed by atoms with van der Waals surface area (Å²) in [7, 11) is 0. The number of hydrogen-bond acceptors (Lipinski definition) is 2. The highest BCUT2D eigenvalue weighted by molar-refractivity contribution is 6.31. The molecule has 1 heterocycles. The Morgan fingerprint density at radius 1 is 1.35 bits per heavy atom. The average molecular weight is 249 g/mol. The standard InChI is InChI=1S/C14H17ClN2/c1-14(11-16,17-8-4-5-9-17)10-12-6-2-3-7-13(12)15/h2-3,6-7H,4-5,8-10H2,1H3. The predicted octanol–water partition coefficient (Wildman–Crippen LogP) is 3.26. The molecule has 1 aliphatic heterocycles. The Balaban J connectivity index is 2.20. The lowest BCUT2D eigenvalue weighted by atomic mass is 9.92. The molecule has 1 aromatic rings. The van der Waals surface area contributed by atoms with Crippen LogP contribution in [0.5, 0.6) is 0 Å². The second kappa shape index (κ2) is 5.08. The van der Waals surface area contributed by atoms with Crippen molar-refractivity contribution in [3.63, 3.8) is 0 Å². The number of benzene rings is 1. The molecule has 1 aromatic carbocycles. The molecular formula is C14H17ClN2. The first-order chi connectivity index (χ1) is 8.15. The molecule has 0 aliphatic carbocycles. The van der Waals surface area contributed by atoms with Gasteiger partial charge in [-0.15, -0.1) is 0 Å². The van der Waals surface area contributed by atoms with E-state index in [1.807, 2.05) is 31.2 Å². The minimum absolute atomic E-state index is 0.429. The molecule has 1 fully saturated rings. The summed E-state index contributed by atoms with van der Waals surface area (Å²) in [6.45, 7) is 4.06. The third kappa shape index (κ3) is 2.62. The van der Waals surface area contributed by atoms with E-state index in [4.69, 9.17) is 11.6 Å². The van der Waals surface area contributed by atoms with Gasteiger partial charge < -0.3 is 0 Å². The molecule has 1 atom stereocenters. The average Bonchev–Trinajstić information content (AvgIpc) is 2.86. The molecule has 3 heteroatoms. The van der Waals surface area contributed by atoms with Crippen molar-refractivity contribution in [1.82, 2.24) is 4.90 Å². The summed E-state index contributed by atoms with van der Waals surface area (Å²) in [4.78, 5) is 2.27. The Hall–Kier alpha value is -1.04. The van der Waals surface area contributed by atoms with E-state index < -0.39 is 5.54 Å². The lowest BCUT2D eigenvalue weighted by Crippen LogP contribution is -2.45. The van der Waals surface area contributed by atoms with Crippen LogP contribution in [0, 0.1) is 11.3 Å². The first kappa shape index (κ1) is 12.4. The Kier molecular flexibility index (Phi) is 3.71. The quantitative estimate of drug-likeness (QED) is 0.821. The van der Waals surface area contributed by atoms with Crippen molar-refractivity contribution in [2.24, 2.45) is 0 Å². The van der Waals surface area contributed by atoms with Gasteiger partial charge in [0.25, 0.3) is 0 Å². The van der Waals surface area contributed by atoms with Crippen LogP contribution in [-0.2, 0) is 6.42 Å². The third-order valence-electron chi connectivity index (χ3n) is 3.54. The van der Waals surface area contributed by atoms with Crippen LogP contribution in [0.25, 0.3) is 0 Å². The second-order valence-corrected chi connectivity index (χ2v) is 5.26. The fourth-order valence-corrected chi connectivity index (χ4v) is 2.65. The Morgan fingerprint density at radius 3 is 2.59 bits per heavy atom. The van der Waals surface area contributed by atoms with E-state index in [1.165, 1.54) is 12.8 Å². The molecule has 0 N–H and O–H groups in total. The molecule has 90 valence electrons. The van der Waals surface area contributed by atoms with E-state index in [-0.39, 0.29) is 0 Å². The van der Waals surface area contributed by atoms with Crippen molar-refractivity contribution in [3.8, 4) is 6.07 Å². The van der Waals surface area contributed by atoms with Gasteiger partial charge >= 0.3 is 0 Å². The SMILES string of the molecule is CC(C#N)(Cc1ccccc1Cl)N1CCCC1. The highest BCUT2D eigenvalue weighted by atomic mass is 35.5. The van der Waals surface area contributed by atoms with E-state index in [0.717, 1.165) is 23.7 Å². The molecule has 17 heavy (non-hydrogen) atoms. The van der Waals surface area contributed by atoms with Crippen molar-refractivity contribution in [3.05, 3.63) is 34.9 Å². The fourth-order valence-electron chi connectivity index (χ4n) is 2.45. The number of nitriles is 1. The van der Waals surface area contributed by atoms with Gasteiger partial charge in [0.1, 0.15) is 5.54 Å². The zero-order chi connectivity index (χ0) is 12.3. The summed E-state index contributed by atoms with van der Waals surface area (Å²) in [6, 6.07) is 10.3. The molecular weight excluding hydrogens is 232 g/mol. The van der Waals surface area contributed by atoms with Gasteiger partial charge in [0.05, 0.1) is 6.07 Å². The van der Waals surface area contributed by atoms with Crippen molar-refractivity contribution in [2.45, 2.75) is 31.7 Å². The maximum atomic E-state index is 9.46. The minimum atomic E-state index is -0.429. The molecule has 2 nitrogen and oxygen atoms in total. The van der Waals surface area contributed by atoms with Crippen LogP contribution in [0.4, 0.5) is 0 Å². The Morgan fingerprint density at radius 2 is 2.00 bits per heavy atom. The molecule has 0 bridgehead atoms. The Labute approximate surface area is 108 Å². The van der Waals surface area contributed by atoms with Crippen LogP contribution in [0.2, 0.25) is 5.02 Å². The van der Waals surface area contributed by atoms with Gasteiger partial charge in [0.15, 0.2) is 0 Å². The number of hydrogen-bond donors (Lipinski definition) is 0. The monoisotopic (exact) mass is 248 g/mol. The number of halogens is 1. The molecule has 2 rings (SSSR count). The molecule has 1 aliphatic rings. The summed E-state index contributed by atoms with van der Waals surface area (Å²) in [6.07, 6.45) is 3.09. The summed E-state index contributed by atoms with van der Waals surface area (Å²) < 4.78 is 0. The van der Waals surface area contributed by atoms with Gasteiger partial charge in [0.2, 0.25) is 0 Å². The van der Waals surface area contributed by atoms with E-state index >= 15 is 0 Å². The molecule has 0 radical (unpaired) electrons. The molecule has 0 amide bonds. The first-order valence-electron chi connectivity index (χ1n) is 6.05. The van der Waals surface area contributed by atoms with Crippen molar-refractivity contribution in [2.75, 3.05) is 13.1 Å². The summed E-state index contributed by atoms with van der Waals surface area (Å²) in [5, 5.41) is 10.2. The summed E-state index contributed by atoms with van der Waals surface area (Å²) in [5.41, 5.74) is 0.631.